The first-order valence-corrected chi connectivity index (χ1v) is 9.13. The largest absolute Gasteiger partial charge is 0.263 e. The normalized spacial score (nSPS) is 11.8. The molecule has 0 saturated carbocycles. The molecule has 0 spiro atoms. The third-order valence-electron chi connectivity index (χ3n) is 3.60. The highest BCUT2D eigenvalue weighted by Crippen LogP contribution is 2.28. The van der Waals surface area contributed by atoms with Gasteiger partial charge in [-0.25, -0.2) is 13.4 Å². The highest BCUT2D eigenvalue weighted by molar-refractivity contribution is 7.93. The summed E-state index contributed by atoms with van der Waals surface area (Å²) in [6.45, 7) is 5.69. The van der Waals surface area contributed by atoms with Crippen molar-refractivity contribution in [3.05, 3.63) is 53.1 Å². The Morgan fingerprint density at radius 2 is 1.68 bits per heavy atom. The van der Waals surface area contributed by atoms with Gasteiger partial charge in [-0.1, -0.05) is 29.5 Å². The first kappa shape index (κ1) is 15.0. The Kier molecular flexibility index (Phi) is 3.66. The van der Waals surface area contributed by atoms with E-state index in [0.717, 1.165) is 26.9 Å². The number of nitrogens with one attached hydrogen (secondary N) is 1. The van der Waals surface area contributed by atoms with Gasteiger partial charge in [0.2, 0.25) is 0 Å². The molecule has 1 aromatic heterocycles. The molecule has 0 aliphatic rings. The van der Waals surface area contributed by atoms with Gasteiger partial charge < -0.3 is 0 Å². The van der Waals surface area contributed by atoms with Crippen LogP contribution in [0.4, 0.5) is 5.13 Å². The van der Waals surface area contributed by atoms with Crippen molar-refractivity contribution in [3.8, 4) is 0 Å². The molecule has 0 bridgehead atoms. The highest BCUT2D eigenvalue weighted by Gasteiger charge is 2.19. The lowest BCUT2D eigenvalue weighted by Crippen LogP contribution is -2.14. The van der Waals surface area contributed by atoms with Crippen molar-refractivity contribution in [2.75, 3.05) is 4.72 Å². The predicted molar refractivity (Wildman–Crippen MR) is 91.1 cm³/mol. The van der Waals surface area contributed by atoms with E-state index < -0.39 is 10.0 Å². The summed E-state index contributed by atoms with van der Waals surface area (Å²) in [6, 6.07) is 11.2. The average Bonchev–Trinajstić information content (AvgIpc) is 2.83. The van der Waals surface area contributed by atoms with E-state index in [4.69, 9.17) is 0 Å². The fraction of sp³-hybridized carbons (Fsp3) is 0.188. The van der Waals surface area contributed by atoms with E-state index in [1.165, 1.54) is 11.3 Å². The Balaban J connectivity index is 2.01. The van der Waals surface area contributed by atoms with E-state index in [-0.39, 0.29) is 0 Å². The summed E-state index contributed by atoms with van der Waals surface area (Å²) in [5, 5.41) is 0.388. The van der Waals surface area contributed by atoms with Crippen LogP contribution < -0.4 is 4.72 Å². The van der Waals surface area contributed by atoms with E-state index in [0.29, 0.717) is 10.0 Å². The molecule has 1 N–H and O–H groups in total. The number of hydrogen-bond acceptors (Lipinski definition) is 4. The smallest absolute Gasteiger partial charge is 0.255 e. The summed E-state index contributed by atoms with van der Waals surface area (Å²) in [5.41, 5.74) is 3.56. The Labute approximate surface area is 133 Å². The Hall–Kier alpha value is -1.92. The zero-order valence-electron chi connectivity index (χ0n) is 12.5. The van der Waals surface area contributed by atoms with Gasteiger partial charge in [0.15, 0.2) is 5.13 Å². The number of fused-ring (bicyclic) bond motifs is 1. The molecule has 3 aromatic rings. The molecule has 0 amide bonds. The monoisotopic (exact) mass is 332 g/mol. The fourth-order valence-corrected chi connectivity index (χ4v) is 4.72. The van der Waals surface area contributed by atoms with Crippen LogP contribution in [0.3, 0.4) is 0 Å². The number of rotatable bonds is 3. The number of aryl methyl sites for hydroxylation is 3. The number of nitrogens with zero attached hydrogens (tertiary/aromatic N) is 1. The van der Waals surface area contributed by atoms with Gasteiger partial charge in [-0.15, -0.1) is 0 Å². The number of hydrogen-bond donors (Lipinski definition) is 1. The second kappa shape index (κ2) is 5.37. The lowest BCUT2D eigenvalue weighted by Gasteiger charge is -2.11. The van der Waals surface area contributed by atoms with Gasteiger partial charge >= 0.3 is 0 Å². The Morgan fingerprint density at radius 1 is 1.00 bits per heavy atom. The molecule has 3 rings (SSSR count). The van der Waals surface area contributed by atoms with Crippen LogP contribution in [-0.2, 0) is 10.0 Å². The van der Waals surface area contributed by atoms with Gasteiger partial charge in [0.1, 0.15) is 0 Å². The van der Waals surface area contributed by atoms with E-state index in [2.05, 4.69) is 9.71 Å². The zero-order chi connectivity index (χ0) is 15.9. The van der Waals surface area contributed by atoms with Gasteiger partial charge in [0.25, 0.3) is 10.0 Å². The van der Waals surface area contributed by atoms with Crippen LogP contribution >= 0.6 is 11.3 Å². The second-order valence-electron chi connectivity index (χ2n) is 5.29. The Morgan fingerprint density at radius 3 is 2.41 bits per heavy atom. The van der Waals surface area contributed by atoms with Crippen molar-refractivity contribution < 1.29 is 8.42 Å². The quantitative estimate of drug-likeness (QED) is 0.788. The first-order chi connectivity index (χ1) is 10.4. The van der Waals surface area contributed by atoms with Crippen LogP contribution in [0.5, 0.6) is 0 Å². The minimum Gasteiger partial charge on any atom is -0.255 e. The maximum Gasteiger partial charge on any atom is 0.263 e. The fourth-order valence-electron chi connectivity index (χ4n) is 2.31. The van der Waals surface area contributed by atoms with Crippen LogP contribution in [-0.4, -0.2) is 13.4 Å². The maximum atomic E-state index is 12.6. The molecule has 0 aliphatic carbocycles. The molecule has 0 radical (unpaired) electrons. The van der Waals surface area contributed by atoms with Crippen LogP contribution in [0, 0.1) is 20.8 Å². The molecule has 0 atom stereocenters. The number of sulfonamides is 1. The van der Waals surface area contributed by atoms with E-state index in [9.17, 15) is 8.42 Å². The third-order valence-corrected chi connectivity index (χ3v) is 6.16. The van der Waals surface area contributed by atoms with Crippen molar-refractivity contribution in [1.82, 2.24) is 4.98 Å². The van der Waals surface area contributed by atoms with Gasteiger partial charge in [-0.05, 0) is 55.7 Å². The number of thiazole rings is 1. The van der Waals surface area contributed by atoms with Crippen molar-refractivity contribution >= 4 is 36.7 Å². The Bertz CT molecular complexity index is 926. The van der Waals surface area contributed by atoms with Gasteiger partial charge in [-0.3, -0.25) is 4.72 Å². The molecular weight excluding hydrogens is 316 g/mol. The lowest BCUT2D eigenvalue weighted by molar-refractivity contribution is 0.600. The molecule has 114 valence electrons. The predicted octanol–water partition coefficient (Wildman–Crippen LogP) is 4.02. The summed E-state index contributed by atoms with van der Waals surface area (Å²) in [4.78, 5) is 4.62. The number of anilines is 1. The van der Waals surface area contributed by atoms with E-state index in [1.54, 1.807) is 13.0 Å². The van der Waals surface area contributed by atoms with Crippen molar-refractivity contribution in [2.24, 2.45) is 0 Å². The summed E-state index contributed by atoms with van der Waals surface area (Å²) in [5.74, 6) is 0. The van der Waals surface area contributed by atoms with E-state index >= 15 is 0 Å². The third kappa shape index (κ3) is 2.71. The second-order valence-corrected chi connectivity index (χ2v) is 7.98. The van der Waals surface area contributed by atoms with Gasteiger partial charge in [0.05, 0.1) is 15.1 Å². The van der Waals surface area contributed by atoms with Crippen LogP contribution in [0.2, 0.25) is 0 Å². The average molecular weight is 332 g/mol. The molecule has 6 heteroatoms. The molecular formula is C16H16N2O2S2. The first-order valence-electron chi connectivity index (χ1n) is 6.83. The standard InChI is InChI=1S/C16H16N2O2S2/c1-10-8-12(3)15(9-11(10)2)22(19,20)18-16-17-13-6-4-5-7-14(13)21-16/h4-9H,1-3H3,(H,17,18). The summed E-state index contributed by atoms with van der Waals surface area (Å²) in [6.07, 6.45) is 0. The molecule has 1 heterocycles. The van der Waals surface area contributed by atoms with Crippen molar-refractivity contribution in [2.45, 2.75) is 25.7 Å². The minimum absolute atomic E-state index is 0.301. The molecule has 0 saturated heterocycles. The van der Waals surface area contributed by atoms with Gasteiger partial charge in [-0.2, -0.15) is 0 Å². The van der Waals surface area contributed by atoms with Crippen molar-refractivity contribution in [3.63, 3.8) is 0 Å². The van der Waals surface area contributed by atoms with Crippen LogP contribution in [0.1, 0.15) is 16.7 Å². The number of para-hydroxylation sites is 1. The summed E-state index contributed by atoms with van der Waals surface area (Å²) >= 11 is 1.33. The molecule has 0 aliphatic heterocycles. The zero-order valence-corrected chi connectivity index (χ0v) is 14.2. The molecule has 4 nitrogen and oxygen atoms in total. The summed E-state index contributed by atoms with van der Waals surface area (Å²) < 4.78 is 28.8. The number of benzene rings is 2. The molecule has 2 aromatic carbocycles. The lowest BCUT2D eigenvalue weighted by atomic mass is 10.1. The van der Waals surface area contributed by atoms with Gasteiger partial charge in [0, 0.05) is 0 Å². The summed E-state index contributed by atoms with van der Waals surface area (Å²) in [7, 11) is -3.63. The topological polar surface area (TPSA) is 59.1 Å². The molecule has 0 fully saturated rings. The van der Waals surface area contributed by atoms with Crippen molar-refractivity contribution in [1.29, 1.82) is 0 Å². The highest BCUT2D eigenvalue weighted by atomic mass is 32.2. The number of aromatic nitrogens is 1. The minimum atomic E-state index is -3.63. The SMILES string of the molecule is Cc1cc(C)c(S(=O)(=O)Nc2nc3ccccc3s2)cc1C. The molecule has 0 unspecified atom stereocenters. The molecule has 22 heavy (non-hydrogen) atoms. The maximum absolute atomic E-state index is 12.6. The van der Waals surface area contributed by atoms with Crippen LogP contribution in [0.25, 0.3) is 10.2 Å². The van der Waals surface area contributed by atoms with Crippen LogP contribution in [0.15, 0.2) is 41.3 Å². The van der Waals surface area contributed by atoms with E-state index in [1.807, 2.05) is 44.2 Å².